The molecule has 2 aromatic rings. The third-order valence-corrected chi connectivity index (χ3v) is 2.38. The lowest BCUT2D eigenvalue weighted by Crippen LogP contribution is -2.32. The Bertz CT molecular complexity index is 535. The molecule has 1 heterocycles. The average molecular weight is 221 g/mol. The number of rotatable bonds is 3. The number of hydrogen-bond donors (Lipinski definition) is 4. The second kappa shape index (κ2) is 3.82. The number of nitrogens with zero attached hydrogens (tertiary/aromatic N) is 1. The first-order chi connectivity index (χ1) is 7.58. The summed E-state index contributed by atoms with van der Waals surface area (Å²) in [6.45, 7) is 0. The first-order valence-corrected chi connectivity index (χ1v) is 4.71. The normalized spacial score (nSPS) is 12.8. The van der Waals surface area contributed by atoms with Gasteiger partial charge in [-0.1, -0.05) is 0 Å². The van der Waals surface area contributed by atoms with E-state index < -0.39 is 12.0 Å². The second-order valence-electron chi connectivity index (χ2n) is 3.55. The van der Waals surface area contributed by atoms with Crippen LogP contribution in [0.25, 0.3) is 11.0 Å². The lowest BCUT2D eigenvalue weighted by Gasteiger charge is -2.08. The summed E-state index contributed by atoms with van der Waals surface area (Å²) in [5.74, 6) is -1.08. The van der Waals surface area contributed by atoms with Crippen molar-refractivity contribution >= 4 is 17.0 Å². The molecule has 84 valence electrons. The highest BCUT2D eigenvalue weighted by molar-refractivity contribution is 5.78. The lowest BCUT2D eigenvalue weighted by molar-refractivity contribution is -0.138. The summed E-state index contributed by atoms with van der Waals surface area (Å²) in [5, 5.41) is 18.3. The molecule has 0 aliphatic rings. The van der Waals surface area contributed by atoms with Crippen LogP contribution in [-0.2, 0) is 11.2 Å². The predicted octanol–water partition coefficient (Wildman–Crippen LogP) is 0.223. The molecule has 0 spiro atoms. The number of nitrogens with one attached hydrogen (secondary N) is 1. The zero-order chi connectivity index (χ0) is 11.7. The maximum Gasteiger partial charge on any atom is 0.320 e. The van der Waals surface area contributed by atoms with Crippen molar-refractivity contribution in [2.24, 2.45) is 5.73 Å². The van der Waals surface area contributed by atoms with Crippen LogP contribution in [0.2, 0.25) is 0 Å². The summed E-state index contributed by atoms with van der Waals surface area (Å²) in [6, 6.07) is 2.11. The van der Waals surface area contributed by atoms with E-state index in [-0.39, 0.29) is 12.2 Å². The zero-order valence-electron chi connectivity index (χ0n) is 8.34. The number of carboxylic acid groups (broad SMARTS) is 1. The molecule has 1 atom stereocenters. The molecule has 0 saturated carbocycles. The summed E-state index contributed by atoms with van der Waals surface area (Å²) in [5.41, 5.74) is 7.26. The van der Waals surface area contributed by atoms with Gasteiger partial charge in [0.15, 0.2) is 0 Å². The van der Waals surface area contributed by atoms with E-state index in [9.17, 15) is 9.90 Å². The molecule has 0 bridgehead atoms. The van der Waals surface area contributed by atoms with Crippen LogP contribution in [0, 0.1) is 0 Å². The van der Waals surface area contributed by atoms with Crippen molar-refractivity contribution in [2.45, 2.75) is 12.5 Å². The van der Waals surface area contributed by atoms with Gasteiger partial charge in [-0.05, 0) is 11.6 Å². The maximum atomic E-state index is 10.6. The highest BCUT2D eigenvalue weighted by Crippen LogP contribution is 2.23. The number of aromatic amines is 1. The number of H-pyrrole nitrogens is 1. The lowest BCUT2D eigenvalue weighted by atomic mass is 10.0. The van der Waals surface area contributed by atoms with Crippen molar-refractivity contribution in [2.75, 3.05) is 0 Å². The van der Waals surface area contributed by atoms with E-state index in [0.717, 1.165) is 5.52 Å². The van der Waals surface area contributed by atoms with E-state index in [1.165, 1.54) is 12.4 Å². The number of carboxylic acids is 1. The number of nitrogens with two attached hydrogens (primary N) is 1. The summed E-state index contributed by atoms with van der Waals surface area (Å²) < 4.78 is 0. The number of hydrogen-bond acceptors (Lipinski definition) is 4. The van der Waals surface area contributed by atoms with Crippen LogP contribution >= 0.6 is 0 Å². The third-order valence-electron chi connectivity index (χ3n) is 2.38. The minimum Gasteiger partial charge on any atom is -0.508 e. The zero-order valence-corrected chi connectivity index (χ0v) is 8.34. The first-order valence-electron chi connectivity index (χ1n) is 4.71. The Labute approximate surface area is 90.7 Å². The molecular weight excluding hydrogens is 210 g/mol. The van der Waals surface area contributed by atoms with Gasteiger partial charge in [0, 0.05) is 12.5 Å². The minimum absolute atomic E-state index is 0.0105. The van der Waals surface area contributed by atoms with Crippen LogP contribution in [0.15, 0.2) is 18.5 Å². The molecule has 16 heavy (non-hydrogen) atoms. The summed E-state index contributed by atoms with van der Waals surface area (Å²) in [4.78, 5) is 17.5. The molecule has 6 heteroatoms. The van der Waals surface area contributed by atoms with Crippen molar-refractivity contribution in [1.82, 2.24) is 9.97 Å². The minimum atomic E-state index is -1.09. The Morgan fingerprint density at radius 2 is 2.31 bits per heavy atom. The molecular formula is C10H11N3O3. The summed E-state index contributed by atoms with van der Waals surface area (Å²) in [6.07, 6.45) is 1.58. The van der Waals surface area contributed by atoms with E-state index >= 15 is 0 Å². The van der Waals surface area contributed by atoms with Crippen molar-refractivity contribution in [1.29, 1.82) is 0 Å². The van der Waals surface area contributed by atoms with Crippen LogP contribution in [0.5, 0.6) is 5.75 Å². The van der Waals surface area contributed by atoms with Crippen molar-refractivity contribution in [3.8, 4) is 5.75 Å². The van der Waals surface area contributed by atoms with Crippen molar-refractivity contribution < 1.29 is 15.0 Å². The second-order valence-corrected chi connectivity index (χ2v) is 3.55. The topological polar surface area (TPSA) is 112 Å². The molecule has 6 nitrogen and oxygen atoms in total. The van der Waals surface area contributed by atoms with Gasteiger partial charge in [0.2, 0.25) is 0 Å². The Kier molecular flexibility index (Phi) is 2.49. The van der Waals surface area contributed by atoms with Gasteiger partial charge in [0.25, 0.3) is 0 Å². The number of aliphatic carboxylic acids is 1. The number of fused-ring (bicyclic) bond motifs is 1. The quantitative estimate of drug-likeness (QED) is 0.592. The first kappa shape index (κ1) is 10.4. The van der Waals surface area contributed by atoms with Crippen LogP contribution in [0.4, 0.5) is 0 Å². The van der Waals surface area contributed by atoms with Gasteiger partial charge in [-0.15, -0.1) is 0 Å². The summed E-state index contributed by atoms with van der Waals surface area (Å²) >= 11 is 0. The van der Waals surface area contributed by atoms with E-state index in [2.05, 4.69) is 9.97 Å². The number of benzene rings is 1. The molecule has 0 fully saturated rings. The van der Waals surface area contributed by atoms with Gasteiger partial charge in [-0.2, -0.15) is 0 Å². The number of carbonyl (C=O) groups is 1. The molecule has 1 aromatic carbocycles. The van der Waals surface area contributed by atoms with Gasteiger partial charge < -0.3 is 20.9 Å². The van der Waals surface area contributed by atoms with Gasteiger partial charge in [0.1, 0.15) is 11.8 Å². The monoisotopic (exact) mass is 221 g/mol. The van der Waals surface area contributed by atoms with Crippen molar-refractivity contribution in [3.63, 3.8) is 0 Å². The number of phenolic OH excluding ortho intramolecular Hbond substituents is 1. The molecule has 2 rings (SSSR count). The van der Waals surface area contributed by atoms with E-state index in [4.69, 9.17) is 10.8 Å². The molecule has 0 radical (unpaired) electrons. The van der Waals surface area contributed by atoms with Gasteiger partial charge in [-0.25, -0.2) is 4.98 Å². The molecule has 1 aromatic heterocycles. The Hall–Kier alpha value is -2.08. The third kappa shape index (κ3) is 1.82. The molecule has 0 amide bonds. The smallest absolute Gasteiger partial charge is 0.320 e. The van der Waals surface area contributed by atoms with Crippen molar-refractivity contribution in [3.05, 3.63) is 24.0 Å². The van der Waals surface area contributed by atoms with E-state index in [0.29, 0.717) is 11.1 Å². The number of phenols is 1. The highest BCUT2D eigenvalue weighted by atomic mass is 16.4. The average Bonchev–Trinajstić information content (AvgIpc) is 2.65. The summed E-state index contributed by atoms with van der Waals surface area (Å²) in [7, 11) is 0. The Morgan fingerprint density at radius 3 is 3.00 bits per heavy atom. The molecule has 0 aliphatic heterocycles. The van der Waals surface area contributed by atoms with Crippen LogP contribution in [0.1, 0.15) is 5.56 Å². The van der Waals surface area contributed by atoms with Gasteiger partial charge in [0.05, 0.1) is 17.4 Å². The fourth-order valence-corrected chi connectivity index (χ4v) is 1.50. The van der Waals surface area contributed by atoms with Gasteiger partial charge in [-0.3, -0.25) is 4.79 Å². The molecule has 5 N–H and O–H groups in total. The number of aromatic hydroxyl groups is 1. The van der Waals surface area contributed by atoms with Gasteiger partial charge >= 0.3 is 5.97 Å². The Balaban J connectivity index is 2.36. The largest absolute Gasteiger partial charge is 0.508 e. The fraction of sp³-hybridized carbons (Fsp3) is 0.200. The van der Waals surface area contributed by atoms with E-state index in [1.54, 1.807) is 6.07 Å². The number of imidazole rings is 1. The standard InChI is InChI=1S/C10H11N3O3/c11-6(10(15)16)1-5-2-7-8(3-9(5)14)13-4-12-7/h2-4,6,14H,1,11H2,(H,12,13)(H,15,16). The highest BCUT2D eigenvalue weighted by Gasteiger charge is 2.15. The maximum absolute atomic E-state index is 10.6. The predicted molar refractivity (Wildman–Crippen MR) is 57.1 cm³/mol. The van der Waals surface area contributed by atoms with Crippen LogP contribution < -0.4 is 5.73 Å². The number of aromatic nitrogens is 2. The Morgan fingerprint density at radius 1 is 1.56 bits per heavy atom. The molecule has 0 aliphatic carbocycles. The van der Waals surface area contributed by atoms with E-state index in [1.807, 2.05) is 0 Å². The fourth-order valence-electron chi connectivity index (χ4n) is 1.50. The van der Waals surface area contributed by atoms with Crippen LogP contribution in [-0.4, -0.2) is 32.2 Å². The SMILES string of the molecule is NC(Cc1cc2[nH]cnc2cc1O)C(=O)O. The molecule has 0 saturated heterocycles. The van der Waals surface area contributed by atoms with Crippen LogP contribution in [0.3, 0.4) is 0 Å². The molecule has 1 unspecified atom stereocenters.